The molecule has 1 unspecified atom stereocenters. The normalized spacial score (nSPS) is 12.4. The van der Waals surface area contributed by atoms with Gasteiger partial charge in [-0.1, -0.05) is 121 Å². The first-order chi connectivity index (χ1) is 15.3. The van der Waals surface area contributed by atoms with Crippen LogP contribution in [-0.2, 0) is 12.0 Å². The Morgan fingerprint density at radius 1 is 0.581 bits per heavy atom. The van der Waals surface area contributed by atoms with Gasteiger partial charge in [0.2, 0.25) is 0 Å². The maximum absolute atomic E-state index is 10.7. The van der Waals surface area contributed by atoms with E-state index in [4.69, 9.17) is 0 Å². The molecule has 2 N–H and O–H groups in total. The molecule has 2 nitrogen and oxygen atoms in total. The van der Waals surface area contributed by atoms with Crippen molar-refractivity contribution < 1.29 is 5.11 Å². The molecule has 0 bridgehead atoms. The molecule has 4 aromatic rings. The minimum atomic E-state index is -0.490. The van der Waals surface area contributed by atoms with Crippen molar-refractivity contribution in [2.24, 2.45) is 0 Å². The molecule has 4 rings (SSSR count). The van der Waals surface area contributed by atoms with Gasteiger partial charge in [-0.3, -0.25) is 5.32 Å². The molecule has 0 saturated heterocycles. The van der Waals surface area contributed by atoms with Gasteiger partial charge < -0.3 is 5.11 Å². The molecule has 0 aliphatic carbocycles. The fourth-order valence-electron chi connectivity index (χ4n) is 4.29. The first-order valence-electron chi connectivity index (χ1n) is 10.9. The number of hydrogen-bond donors (Lipinski definition) is 2. The quantitative estimate of drug-likeness (QED) is 0.356. The van der Waals surface area contributed by atoms with Gasteiger partial charge in [0.1, 0.15) is 0 Å². The van der Waals surface area contributed by atoms with E-state index in [1.807, 2.05) is 36.4 Å². The number of nitrogens with one attached hydrogen (secondary N) is 1. The molecule has 0 heterocycles. The van der Waals surface area contributed by atoms with Crippen molar-refractivity contribution in [3.05, 3.63) is 144 Å². The van der Waals surface area contributed by atoms with Crippen LogP contribution in [0.4, 0.5) is 0 Å². The molecule has 0 spiro atoms. The summed E-state index contributed by atoms with van der Waals surface area (Å²) < 4.78 is 0. The Kier molecular flexibility index (Phi) is 6.93. The van der Waals surface area contributed by atoms with Crippen LogP contribution in [0, 0.1) is 0 Å². The average Bonchev–Trinajstić information content (AvgIpc) is 2.84. The lowest BCUT2D eigenvalue weighted by Crippen LogP contribution is -2.45. The van der Waals surface area contributed by atoms with E-state index < -0.39 is 11.6 Å². The van der Waals surface area contributed by atoms with Gasteiger partial charge in [0.05, 0.1) is 11.6 Å². The van der Waals surface area contributed by atoms with Crippen LogP contribution < -0.4 is 5.32 Å². The van der Waals surface area contributed by atoms with Gasteiger partial charge in [-0.2, -0.15) is 0 Å². The van der Waals surface area contributed by atoms with Gasteiger partial charge in [-0.25, -0.2) is 0 Å². The van der Waals surface area contributed by atoms with Crippen LogP contribution in [0.2, 0.25) is 0 Å². The van der Waals surface area contributed by atoms with Crippen molar-refractivity contribution in [3.63, 3.8) is 0 Å². The SMILES string of the molecule is OC(CCNC(c1ccccc1)(c1ccccc1)c1ccccc1)Cc1ccccc1. The van der Waals surface area contributed by atoms with Crippen molar-refractivity contribution in [1.82, 2.24) is 5.32 Å². The van der Waals surface area contributed by atoms with E-state index in [0.717, 1.165) is 5.56 Å². The second-order valence-corrected chi connectivity index (χ2v) is 7.91. The fraction of sp³-hybridized carbons (Fsp3) is 0.172. The number of benzene rings is 4. The van der Waals surface area contributed by atoms with Gasteiger partial charge in [-0.05, 0) is 41.6 Å². The fourth-order valence-corrected chi connectivity index (χ4v) is 4.29. The number of rotatable bonds is 9. The zero-order chi connectivity index (χ0) is 21.4. The highest BCUT2D eigenvalue weighted by molar-refractivity contribution is 5.49. The van der Waals surface area contributed by atoms with Crippen LogP contribution in [0.5, 0.6) is 0 Å². The Labute approximate surface area is 185 Å². The van der Waals surface area contributed by atoms with Gasteiger partial charge in [0, 0.05) is 0 Å². The van der Waals surface area contributed by atoms with Crippen LogP contribution in [0.1, 0.15) is 28.7 Å². The number of aliphatic hydroxyl groups excluding tert-OH is 1. The van der Waals surface area contributed by atoms with Crippen molar-refractivity contribution >= 4 is 0 Å². The summed E-state index contributed by atoms with van der Waals surface area (Å²) in [5.41, 5.74) is 4.23. The maximum Gasteiger partial charge on any atom is 0.0947 e. The largest absolute Gasteiger partial charge is 0.393 e. The summed E-state index contributed by atoms with van der Waals surface area (Å²) >= 11 is 0. The Balaban J connectivity index is 1.64. The summed E-state index contributed by atoms with van der Waals surface area (Å²) in [6, 6.07) is 41.9. The minimum Gasteiger partial charge on any atom is -0.393 e. The smallest absolute Gasteiger partial charge is 0.0947 e. The molecule has 156 valence electrons. The first kappa shape index (κ1) is 21.0. The number of aliphatic hydroxyl groups is 1. The first-order valence-corrected chi connectivity index (χ1v) is 10.9. The molecule has 1 atom stereocenters. The molecule has 0 aliphatic rings. The summed E-state index contributed by atoms with van der Waals surface area (Å²) in [6.07, 6.45) is 0.940. The van der Waals surface area contributed by atoms with E-state index >= 15 is 0 Å². The highest BCUT2D eigenvalue weighted by atomic mass is 16.3. The molecule has 0 amide bonds. The zero-order valence-electron chi connectivity index (χ0n) is 17.7. The van der Waals surface area contributed by atoms with Gasteiger partial charge in [0.15, 0.2) is 0 Å². The van der Waals surface area contributed by atoms with Gasteiger partial charge in [-0.15, -0.1) is 0 Å². The predicted octanol–water partition coefficient (Wildman–Crippen LogP) is 5.56. The molecule has 4 aromatic carbocycles. The molecule has 0 aliphatic heterocycles. The number of hydrogen-bond acceptors (Lipinski definition) is 2. The Morgan fingerprint density at radius 3 is 1.39 bits per heavy atom. The van der Waals surface area contributed by atoms with E-state index in [1.165, 1.54) is 16.7 Å². The highest BCUT2D eigenvalue weighted by Crippen LogP contribution is 2.36. The van der Waals surface area contributed by atoms with E-state index in [2.05, 4.69) is 90.2 Å². The second-order valence-electron chi connectivity index (χ2n) is 7.91. The van der Waals surface area contributed by atoms with Gasteiger partial charge >= 0.3 is 0 Å². The van der Waals surface area contributed by atoms with Crippen LogP contribution in [-0.4, -0.2) is 17.8 Å². The monoisotopic (exact) mass is 407 g/mol. The lowest BCUT2D eigenvalue weighted by Gasteiger charge is -2.37. The average molecular weight is 408 g/mol. The van der Waals surface area contributed by atoms with E-state index in [0.29, 0.717) is 19.4 Å². The third-order valence-corrected chi connectivity index (χ3v) is 5.80. The standard InChI is InChI=1S/C29H29NO/c31-28(23-24-13-5-1-6-14-24)21-22-30-29(25-15-7-2-8-16-25,26-17-9-3-10-18-26)27-19-11-4-12-20-27/h1-20,28,30-31H,21-23H2. The highest BCUT2D eigenvalue weighted by Gasteiger charge is 2.35. The molecule has 2 heteroatoms. The predicted molar refractivity (Wildman–Crippen MR) is 128 cm³/mol. The second kappa shape index (κ2) is 10.2. The van der Waals surface area contributed by atoms with E-state index in [-0.39, 0.29) is 0 Å². The van der Waals surface area contributed by atoms with Crippen molar-refractivity contribution in [1.29, 1.82) is 0 Å². The molecular formula is C29H29NO. The maximum atomic E-state index is 10.7. The van der Waals surface area contributed by atoms with Crippen molar-refractivity contribution in [2.75, 3.05) is 6.54 Å². The Bertz CT molecular complexity index is 936. The lowest BCUT2D eigenvalue weighted by atomic mass is 9.77. The summed E-state index contributed by atoms with van der Waals surface area (Å²) in [4.78, 5) is 0. The Morgan fingerprint density at radius 2 is 0.968 bits per heavy atom. The van der Waals surface area contributed by atoms with Crippen LogP contribution in [0.25, 0.3) is 0 Å². The lowest BCUT2D eigenvalue weighted by molar-refractivity contribution is 0.161. The molecule has 31 heavy (non-hydrogen) atoms. The van der Waals surface area contributed by atoms with Crippen molar-refractivity contribution in [3.8, 4) is 0 Å². The molecule has 0 fully saturated rings. The summed E-state index contributed by atoms with van der Waals surface area (Å²) in [6.45, 7) is 0.687. The summed E-state index contributed by atoms with van der Waals surface area (Å²) in [5, 5.41) is 14.5. The molecule has 0 radical (unpaired) electrons. The molecular weight excluding hydrogens is 378 g/mol. The van der Waals surface area contributed by atoms with Crippen LogP contribution >= 0.6 is 0 Å². The summed E-state index contributed by atoms with van der Waals surface area (Å²) in [5.74, 6) is 0. The van der Waals surface area contributed by atoms with Crippen LogP contribution in [0.15, 0.2) is 121 Å². The molecule has 0 saturated carbocycles. The van der Waals surface area contributed by atoms with Crippen molar-refractivity contribution in [2.45, 2.75) is 24.5 Å². The van der Waals surface area contributed by atoms with E-state index in [1.54, 1.807) is 0 Å². The summed E-state index contributed by atoms with van der Waals surface area (Å²) in [7, 11) is 0. The minimum absolute atomic E-state index is 0.394. The van der Waals surface area contributed by atoms with Crippen LogP contribution in [0.3, 0.4) is 0 Å². The molecule has 0 aromatic heterocycles. The topological polar surface area (TPSA) is 32.3 Å². The third kappa shape index (κ3) is 4.93. The third-order valence-electron chi connectivity index (χ3n) is 5.80. The Hall–Kier alpha value is -3.20. The zero-order valence-corrected chi connectivity index (χ0v) is 17.7. The van der Waals surface area contributed by atoms with E-state index in [9.17, 15) is 5.11 Å². The van der Waals surface area contributed by atoms with Gasteiger partial charge in [0.25, 0.3) is 0 Å².